The van der Waals surface area contributed by atoms with Crippen LogP contribution in [0, 0.1) is 6.92 Å². The lowest BCUT2D eigenvalue weighted by atomic mass is 10.0. The number of benzene rings is 1. The van der Waals surface area contributed by atoms with Gasteiger partial charge in [0.25, 0.3) is 6.47 Å². The van der Waals surface area contributed by atoms with E-state index in [0.29, 0.717) is 0 Å². The maximum atomic E-state index is 8.36. The van der Waals surface area contributed by atoms with Crippen LogP contribution in [0.2, 0.25) is 0 Å². The first-order valence-corrected chi connectivity index (χ1v) is 7.58. The lowest BCUT2D eigenvalue weighted by molar-refractivity contribution is -0.122. The van der Waals surface area contributed by atoms with Gasteiger partial charge in [0.2, 0.25) is 0 Å². The summed E-state index contributed by atoms with van der Waals surface area (Å²) in [5, 5.41) is 6.89. The third kappa shape index (κ3) is 7.82. The molecule has 0 atom stereocenters. The Hall–Kier alpha value is -1.51. The number of hydrogen-bond acceptors (Lipinski definition) is 2. The van der Waals surface area contributed by atoms with E-state index in [1.807, 2.05) is 13.8 Å². The average Bonchev–Trinajstić information content (AvgIpc) is 2.40. The lowest BCUT2D eigenvalue weighted by Gasteiger charge is -2.16. The molecule has 114 valence electrons. The van der Waals surface area contributed by atoms with E-state index in [4.69, 9.17) is 14.6 Å². The van der Waals surface area contributed by atoms with Crippen molar-refractivity contribution in [3.8, 4) is 5.75 Å². The Morgan fingerprint density at radius 1 is 1.10 bits per heavy atom. The van der Waals surface area contributed by atoms with Crippen LogP contribution in [0.15, 0.2) is 18.2 Å². The SMILES string of the molecule is C1CCC1.CC.Cc1ccc2c(c1)OCCC2.O=CO. The monoisotopic (exact) mass is 280 g/mol. The number of rotatable bonds is 0. The molecular weight excluding hydrogens is 252 g/mol. The van der Waals surface area contributed by atoms with E-state index in [1.165, 1.54) is 43.2 Å². The van der Waals surface area contributed by atoms with Gasteiger partial charge in [-0.15, -0.1) is 0 Å². The topological polar surface area (TPSA) is 46.5 Å². The summed E-state index contributed by atoms with van der Waals surface area (Å²) in [6.07, 6.45) is 8.34. The molecular formula is C17H28O3. The molecule has 1 heterocycles. The van der Waals surface area contributed by atoms with Crippen LogP contribution in [0.1, 0.15) is 57.1 Å². The first-order chi connectivity index (χ1) is 9.77. The summed E-state index contributed by atoms with van der Waals surface area (Å²) in [6, 6.07) is 6.44. The van der Waals surface area contributed by atoms with Gasteiger partial charge in [-0.1, -0.05) is 51.7 Å². The van der Waals surface area contributed by atoms with Crippen molar-refractivity contribution in [2.75, 3.05) is 6.61 Å². The minimum absolute atomic E-state index is 0.250. The van der Waals surface area contributed by atoms with Gasteiger partial charge in [-0.05, 0) is 37.0 Å². The van der Waals surface area contributed by atoms with Crippen molar-refractivity contribution < 1.29 is 14.6 Å². The Labute approximate surface area is 123 Å². The number of fused-ring (bicyclic) bond motifs is 1. The van der Waals surface area contributed by atoms with Gasteiger partial charge in [0, 0.05) is 0 Å². The summed E-state index contributed by atoms with van der Waals surface area (Å²) in [5.74, 6) is 1.09. The van der Waals surface area contributed by atoms with Gasteiger partial charge >= 0.3 is 0 Å². The third-order valence-corrected chi connectivity index (χ3v) is 3.07. The Bertz CT molecular complexity index is 353. The quantitative estimate of drug-likeness (QED) is 0.706. The fourth-order valence-corrected chi connectivity index (χ4v) is 1.70. The van der Waals surface area contributed by atoms with E-state index < -0.39 is 0 Å². The third-order valence-electron chi connectivity index (χ3n) is 3.07. The molecule has 1 aliphatic heterocycles. The number of ether oxygens (including phenoxy) is 1. The van der Waals surface area contributed by atoms with E-state index in [-0.39, 0.29) is 6.47 Å². The van der Waals surface area contributed by atoms with Gasteiger partial charge in [0.15, 0.2) is 0 Å². The molecule has 0 bridgehead atoms. The molecule has 0 spiro atoms. The number of aryl methyl sites for hydroxylation is 2. The molecule has 0 saturated heterocycles. The molecule has 3 nitrogen and oxygen atoms in total. The Morgan fingerprint density at radius 2 is 1.65 bits per heavy atom. The van der Waals surface area contributed by atoms with Crippen molar-refractivity contribution in [1.29, 1.82) is 0 Å². The van der Waals surface area contributed by atoms with Crippen LogP contribution in [-0.2, 0) is 11.2 Å². The summed E-state index contributed by atoms with van der Waals surface area (Å²) >= 11 is 0. The summed E-state index contributed by atoms with van der Waals surface area (Å²) in [7, 11) is 0. The Morgan fingerprint density at radius 3 is 2.15 bits per heavy atom. The normalized spacial score (nSPS) is 14.2. The van der Waals surface area contributed by atoms with E-state index in [1.54, 1.807) is 0 Å². The summed E-state index contributed by atoms with van der Waals surface area (Å²) in [6.45, 7) is 6.73. The first kappa shape index (κ1) is 18.5. The summed E-state index contributed by atoms with van der Waals surface area (Å²) in [4.78, 5) is 8.36. The van der Waals surface area contributed by atoms with Gasteiger partial charge in [-0.3, -0.25) is 4.79 Å². The van der Waals surface area contributed by atoms with Crippen LogP contribution in [0.25, 0.3) is 0 Å². The highest BCUT2D eigenvalue weighted by atomic mass is 16.5. The summed E-state index contributed by atoms with van der Waals surface area (Å²) in [5.41, 5.74) is 2.65. The van der Waals surface area contributed by atoms with Crippen LogP contribution in [-0.4, -0.2) is 18.2 Å². The zero-order valence-electron chi connectivity index (χ0n) is 13.0. The minimum atomic E-state index is -0.250. The highest BCUT2D eigenvalue weighted by molar-refractivity contribution is 5.38. The van der Waals surface area contributed by atoms with Crippen molar-refractivity contribution in [1.82, 2.24) is 0 Å². The van der Waals surface area contributed by atoms with E-state index in [9.17, 15) is 0 Å². The second-order valence-electron chi connectivity index (χ2n) is 4.58. The zero-order chi connectivity index (χ0) is 15.2. The van der Waals surface area contributed by atoms with Gasteiger partial charge in [-0.2, -0.15) is 0 Å². The van der Waals surface area contributed by atoms with Crippen LogP contribution in [0.5, 0.6) is 5.75 Å². The molecule has 20 heavy (non-hydrogen) atoms. The molecule has 0 amide bonds. The fraction of sp³-hybridized carbons (Fsp3) is 0.588. The molecule has 1 aromatic rings. The van der Waals surface area contributed by atoms with Crippen molar-refractivity contribution in [3.63, 3.8) is 0 Å². The number of hydrogen-bond donors (Lipinski definition) is 1. The lowest BCUT2D eigenvalue weighted by Crippen LogP contribution is -2.07. The van der Waals surface area contributed by atoms with Crippen LogP contribution in [0.3, 0.4) is 0 Å². The second kappa shape index (κ2) is 12.5. The highest BCUT2D eigenvalue weighted by Gasteiger charge is 2.08. The van der Waals surface area contributed by atoms with E-state index in [2.05, 4.69) is 25.1 Å². The molecule has 0 unspecified atom stereocenters. The summed E-state index contributed by atoms with van der Waals surface area (Å²) < 4.78 is 5.50. The molecule has 0 aromatic heterocycles. The molecule has 0 radical (unpaired) electrons. The maximum absolute atomic E-state index is 8.36. The fourth-order valence-electron chi connectivity index (χ4n) is 1.70. The standard InChI is InChI=1S/C10H12O.C4H8.C2H6.CH2O2/c1-8-4-5-9-3-2-6-11-10(9)7-8;1-2-4-3-1;1-2;2-1-3/h4-5,7H,2-3,6H2,1H3;1-4H2;1-2H3;1H,(H,2,3). The van der Waals surface area contributed by atoms with Gasteiger partial charge < -0.3 is 9.84 Å². The molecule has 1 aliphatic carbocycles. The Kier molecular flexibility index (Phi) is 11.6. The van der Waals surface area contributed by atoms with Crippen molar-refractivity contribution in [2.24, 2.45) is 0 Å². The molecule has 1 saturated carbocycles. The minimum Gasteiger partial charge on any atom is -0.493 e. The average molecular weight is 280 g/mol. The Balaban J connectivity index is 0.000000334. The highest BCUT2D eigenvalue weighted by Crippen LogP contribution is 2.25. The van der Waals surface area contributed by atoms with Crippen molar-refractivity contribution in [2.45, 2.75) is 59.3 Å². The van der Waals surface area contributed by atoms with Crippen LogP contribution < -0.4 is 4.74 Å². The second-order valence-corrected chi connectivity index (χ2v) is 4.58. The van der Waals surface area contributed by atoms with E-state index in [0.717, 1.165) is 18.8 Å². The molecule has 1 aromatic carbocycles. The van der Waals surface area contributed by atoms with Crippen molar-refractivity contribution >= 4 is 6.47 Å². The predicted octanol–water partition coefficient (Wildman–Crippen LogP) is 4.61. The molecule has 3 heteroatoms. The maximum Gasteiger partial charge on any atom is 0.290 e. The number of carbonyl (C=O) groups is 1. The van der Waals surface area contributed by atoms with E-state index >= 15 is 0 Å². The van der Waals surface area contributed by atoms with Crippen molar-refractivity contribution in [3.05, 3.63) is 29.3 Å². The largest absolute Gasteiger partial charge is 0.493 e. The molecule has 2 aliphatic rings. The van der Waals surface area contributed by atoms with Gasteiger partial charge in [-0.25, -0.2) is 0 Å². The molecule has 1 fully saturated rings. The van der Waals surface area contributed by atoms with Gasteiger partial charge in [0.05, 0.1) is 6.61 Å². The van der Waals surface area contributed by atoms with Gasteiger partial charge in [0.1, 0.15) is 5.75 Å². The molecule has 1 N–H and O–H groups in total. The van der Waals surface area contributed by atoms with Crippen LogP contribution >= 0.6 is 0 Å². The van der Waals surface area contributed by atoms with Crippen LogP contribution in [0.4, 0.5) is 0 Å². The molecule has 3 rings (SSSR count). The zero-order valence-corrected chi connectivity index (χ0v) is 13.0. The smallest absolute Gasteiger partial charge is 0.290 e. The first-order valence-electron chi connectivity index (χ1n) is 7.58. The number of carboxylic acid groups (broad SMARTS) is 1. The predicted molar refractivity (Wildman–Crippen MR) is 83.5 cm³/mol.